The van der Waals surface area contributed by atoms with Gasteiger partial charge in [0.15, 0.2) is 5.13 Å². The van der Waals surface area contributed by atoms with Crippen LogP contribution in [0.25, 0.3) is 11.3 Å². The minimum atomic E-state index is -3.74. The normalized spacial score (nSPS) is 15.9. The Kier molecular flexibility index (Phi) is 6.92. The molecule has 2 aromatic carbocycles. The van der Waals surface area contributed by atoms with Gasteiger partial charge in [-0.15, -0.1) is 11.3 Å². The molecule has 184 valence electrons. The van der Waals surface area contributed by atoms with Crippen LogP contribution in [0, 0.1) is 5.92 Å². The van der Waals surface area contributed by atoms with Gasteiger partial charge in [0.2, 0.25) is 5.91 Å². The van der Waals surface area contributed by atoms with Crippen molar-refractivity contribution in [2.45, 2.75) is 17.7 Å². The molecule has 36 heavy (non-hydrogen) atoms. The number of piperidine rings is 1. The van der Waals surface area contributed by atoms with Gasteiger partial charge >= 0.3 is 0 Å². The Balaban J connectivity index is 1.23. The minimum Gasteiger partial charge on any atom is -0.356 e. The van der Waals surface area contributed by atoms with E-state index in [-0.39, 0.29) is 16.7 Å². The van der Waals surface area contributed by atoms with Crippen LogP contribution in [0.4, 0.5) is 16.6 Å². The number of hydrogen-bond acceptors (Lipinski definition) is 8. The molecule has 11 heteroatoms. The summed E-state index contributed by atoms with van der Waals surface area (Å²) in [4.78, 5) is 28.0. The predicted octanol–water partition coefficient (Wildman–Crippen LogP) is 4.26. The van der Waals surface area contributed by atoms with Crippen LogP contribution in [-0.4, -0.2) is 42.4 Å². The maximum atomic E-state index is 13.0. The van der Waals surface area contributed by atoms with Crippen molar-refractivity contribution in [3.05, 3.63) is 78.6 Å². The van der Waals surface area contributed by atoms with E-state index in [1.165, 1.54) is 29.7 Å². The maximum Gasteiger partial charge on any atom is 0.263 e. The second-order valence-electron chi connectivity index (χ2n) is 8.37. The monoisotopic (exact) mass is 520 g/mol. The van der Waals surface area contributed by atoms with Crippen molar-refractivity contribution >= 4 is 43.9 Å². The third kappa shape index (κ3) is 5.52. The number of nitrogens with zero attached hydrogens (tertiary/aromatic N) is 4. The largest absolute Gasteiger partial charge is 0.356 e. The average Bonchev–Trinajstić information content (AvgIpc) is 3.42. The van der Waals surface area contributed by atoms with Gasteiger partial charge in [-0.05, 0) is 37.1 Å². The Morgan fingerprint density at radius 3 is 2.58 bits per heavy atom. The molecule has 0 aliphatic carbocycles. The number of amides is 1. The van der Waals surface area contributed by atoms with Crippen molar-refractivity contribution in [3.63, 3.8) is 0 Å². The van der Waals surface area contributed by atoms with Crippen LogP contribution in [0.3, 0.4) is 0 Å². The lowest BCUT2D eigenvalue weighted by atomic mass is 9.97. The van der Waals surface area contributed by atoms with Crippen molar-refractivity contribution in [2.75, 3.05) is 28.0 Å². The summed E-state index contributed by atoms with van der Waals surface area (Å²) in [6, 6.07) is 18.0. The Morgan fingerprint density at radius 1 is 1.03 bits per heavy atom. The summed E-state index contributed by atoms with van der Waals surface area (Å²) < 4.78 is 27.5. The number of carbonyl (C=O) groups excluding carboxylic acids is 1. The lowest BCUT2D eigenvalue weighted by Crippen LogP contribution is -2.41. The third-order valence-corrected chi connectivity index (χ3v) is 8.10. The van der Waals surface area contributed by atoms with Crippen molar-refractivity contribution in [1.29, 1.82) is 0 Å². The van der Waals surface area contributed by atoms with Crippen molar-refractivity contribution in [2.24, 2.45) is 5.92 Å². The number of hydrogen-bond donors (Lipinski definition) is 2. The van der Waals surface area contributed by atoms with E-state index in [1.807, 2.05) is 36.4 Å². The van der Waals surface area contributed by atoms with Gasteiger partial charge in [0.25, 0.3) is 10.0 Å². The lowest BCUT2D eigenvalue weighted by molar-refractivity contribution is -0.120. The average molecular weight is 521 g/mol. The number of carbonyl (C=O) groups is 1. The fraction of sp³-hybridized carbons (Fsp3) is 0.200. The summed E-state index contributed by atoms with van der Waals surface area (Å²) in [5, 5.41) is 4.91. The number of nitrogens with one attached hydrogen (secondary N) is 2. The zero-order valence-electron chi connectivity index (χ0n) is 19.2. The second kappa shape index (κ2) is 10.4. The van der Waals surface area contributed by atoms with Crippen LogP contribution < -0.4 is 14.9 Å². The smallest absolute Gasteiger partial charge is 0.263 e. The van der Waals surface area contributed by atoms with E-state index in [2.05, 4.69) is 29.9 Å². The van der Waals surface area contributed by atoms with Gasteiger partial charge in [-0.3, -0.25) is 9.52 Å². The number of sulfonamides is 1. The molecule has 1 atom stereocenters. The molecule has 1 aliphatic rings. The molecule has 2 N–H and O–H groups in total. The molecule has 1 amide bonds. The van der Waals surface area contributed by atoms with Gasteiger partial charge in [0, 0.05) is 42.0 Å². The first-order valence-electron chi connectivity index (χ1n) is 11.4. The highest BCUT2D eigenvalue weighted by atomic mass is 32.2. The molecular weight excluding hydrogens is 496 g/mol. The SMILES string of the molecule is O=C(Nc1ccc(S(=O)(=O)Nc2nccs2)cc1)C1CCCN(c2cc(-c3ccccc3)ncn2)C1. The Labute approximate surface area is 213 Å². The van der Waals surface area contributed by atoms with E-state index in [0.717, 1.165) is 36.5 Å². The quantitative estimate of drug-likeness (QED) is 0.374. The van der Waals surface area contributed by atoms with Crippen molar-refractivity contribution in [3.8, 4) is 11.3 Å². The highest BCUT2D eigenvalue weighted by Gasteiger charge is 2.27. The molecular formula is C25H24N6O3S2. The highest BCUT2D eigenvalue weighted by Crippen LogP contribution is 2.26. The highest BCUT2D eigenvalue weighted by molar-refractivity contribution is 7.93. The third-order valence-electron chi connectivity index (χ3n) is 5.92. The molecule has 4 aromatic rings. The van der Waals surface area contributed by atoms with Crippen LogP contribution in [0.1, 0.15) is 12.8 Å². The van der Waals surface area contributed by atoms with Gasteiger partial charge in [-0.1, -0.05) is 30.3 Å². The standard InChI is InChI=1S/C25H24N6O3S2/c32-24(29-20-8-10-21(11-9-20)36(33,34)30-25-26-12-14-35-25)19-7-4-13-31(16-19)23-15-22(27-17-28-23)18-5-2-1-3-6-18/h1-3,5-6,8-12,14-15,17,19H,4,7,13,16H2,(H,26,30)(H,29,32). The van der Waals surface area contributed by atoms with Gasteiger partial charge in [-0.2, -0.15) is 0 Å². The number of benzene rings is 2. The number of anilines is 3. The molecule has 3 heterocycles. The Morgan fingerprint density at radius 2 is 1.83 bits per heavy atom. The van der Waals surface area contributed by atoms with E-state index in [9.17, 15) is 13.2 Å². The van der Waals surface area contributed by atoms with Gasteiger partial charge < -0.3 is 10.2 Å². The molecule has 0 spiro atoms. The first-order chi connectivity index (χ1) is 17.5. The second-order valence-corrected chi connectivity index (χ2v) is 10.9. The maximum absolute atomic E-state index is 13.0. The van der Waals surface area contributed by atoms with E-state index in [1.54, 1.807) is 23.8 Å². The summed E-state index contributed by atoms with van der Waals surface area (Å²) in [7, 11) is -3.74. The van der Waals surface area contributed by atoms with Gasteiger partial charge in [0.05, 0.1) is 16.5 Å². The summed E-state index contributed by atoms with van der Waals surface area (Å²) >= 11 is 1.20. The minimum absolute atomic E-state index is 0.0949. The molecule has 0 bridgehead atoms. The summed E-state index contributed by atoms with van der Waals surface area (Å²) in [6.45, 7) is 1.36. The van der Waals surface area contributed by atoms with E-state index in [4.69, 9.17) is 0 Å². The fourth-order valence-electron chi connectivity index (χ4n) is 4.10. The zero-order chi connectivity index (χ0) is 25.0. The lowest BCUT2D eigenvalue weighted by Gasteiger charge is -2.33. The van der Waals surface area contributed by atoms with Crippen LogP contribution in [0.5, 0.6) is 0 Å². The van der Waals surface area contributed by atoms with E-state index in [0.29, 0.717) is 17.4 Å². The molecule has 9 nitrogen and oxygen atoms in total. The molecule has 1 aliphatic heterocycles. The predicted molar refractivity (Wildman–Crippen MR) is 140 cm³/mol. The van der Waals surface area contributed by atoms with Crippen LogP contribution >= 0.6 is 11.3 Å². The number of thiazole rings is 1. The van der Waals surface area contributed by atoms with E-state index < -0.39 is 10.0 Å². The summed E-state index contributed by atoms with van der Waals surface area (Å²) in [5.74, 6) is 0.473. The first kappa shape index (κ1) is 23.9. The molecule has 1 unspecified atom stereocenters. The summed E-state index contributed by atoms with van der Waals surface area (Å²) in [5.41, 5.74) is 2.39. The molecule has 0 saturated carbocycles. The molecule has 5 rings (SSSR count). The van der Waals surface area contributed by atoms with Crippen LogP contribution in [0.15, 0.2) is 83.5 Å². The first-order valence-corrected chi connectivity index (χ1v) is 13.8. The van der Waals surface area contributed by atoms with E-state index >= 15 is 0 Å². The Hall–Kier alpha value is -3.83. The van der Waals surface area contributed by atoms with Crippen LogP contribution in [0.2, 0.25) is 0 Å². The fourth-order valence-corrected chi connectivity index (χ4v) is 5.88. The van der Waals surface area contributed by atoms with Gasteiger partial charge in [0.1, 0.15) is 12.1 Å². The number of aromatic nitrogens is 3. The topological polar surface area (TPSA) is 117 Å². The molecule has 0 radical (unpaired) electrons. The summed E-state index contributed by atoms with van der Waals surface area (Å²) in [6.07, 6.45) is 4.71. The van der Waals surface area contributed by atoms with Crippen molar-refractivity contribution < 1.29 is 13.2 Å². The Bertz CT molecular complexity index is 1430. The van der Waals surface area contributed by atoms with Gasteiger partial charge in [-0.25, -0.2) is 23.4 Å². The van der Waals surface area contributed by atoms with Crippen LogP contribution in [-0.2, 0) is 14.8 Å². The molecule has 1 fully saturated rings. The zero-order valence-corrected chi connectivity index (χ0v) is 20.9. The molecule has 1 saturated heterocycles. The number of rotatable bonds is 7. The van der Waals surface area contributed by atoms with Crippen molar-refractivity contribution in [1.82, 2.24) is 15.0 Å². The molecule has 2 aromatic heterocycles.